The Bertz CT molecular complexity index is 565. The molecule has 0 spiro atoms. The number of aromatic carboxylic acids is 1. The number of benzene rings is 1. The first-order valence-electron chi connectivity index (χ1n) is 4.89. The number of hydrogen-bond donors (Lipinski definition) is 1. The molecule has 0 unspecified atom stereocenters. The maximum Gasteiger partial charge on any atom is 0.337 e. The van der Waals surface area contributed by atoms with Crippen LogP contribution >= 0.6 is 11.6 Å². The van der Waals surface area contributed by atoms with Crippen molar-refractivity contribution < 1.29 is 14.3 Å². The van der Waals surface area contributed by atoms with Crippen LogP contribution in [-0.4, -0.2) is 15.6 Å². The molecule has 88 valence electrons. The Labute approximate surface area is 102 Å². The van der Waals surface area contributed by atoms with Gasteiger partial charge in [-0.25, -0.2) is 9.18 Å². The van der Waals surface area contributed by atoms with Crippen LogP contribution in [0, 0.1) is 5.82 Å². The van der Waals surface area contributed by atoms with Crippen molar-refractivity contribution in [3.05, 3.63) is 58.6 Å². The molecule has 17 heavy (non-hydrogen) atoms. The fourth-order valence-corrected chi connectivity index (χ4v) is 1.74. The molecule has 1 aromatic carbocycles. The largest absolute Gasteiger partial charge is 0.478 e. The van der Waals surface area contributed by atoms with E-state index in [2.05, 4.69) is 0 Å². The fourth-order valence-electron chi connectivity index (χ4n) is 1.51. The van der Waals surface area contributed by atoms with Gasteiger partial charge >= 0.3 is 5.97 Å². The fraction of sp³-hybridized carbons (Fsp3) is 0.0833. The van der Waals surface area contributed by atoms with Gasteiger partial charge in [-0.15, -0.1) is 0 Å². The van der Waals surface area contributed by atoms with Gasteiger partial charge in [0, 0.05) is 24.0 Å². The topological polar surface area (TPSA) is 42.2 Å². The number of carboxylic acids is 1. The molecule has 1 heterocycles. The Balaban J connectivity index is 2.22. The minimum Gasteiger partial charge on any atom is -0.478 e. The third-order valence-electron chi connectivity index (χ3n) is 2.37. The molecular weight excluding hydrogens is 245 g/mol. The van der Waals surface area contributed by atoms with Crippen LogP contribution in [0.3, 0.4) is 0 Å². The Morgan fingerprint density at radius 3 is 2.76 bits per heavy atom. The Morgan fingerprint density at radius 1 is 1.41 bits per heavy atom. The molecule has 0 saturated heterocycles. The highest BCUT2D eigenvalue weighted by Gasteiger charge is 2.06. The van der Waals surface area contributed by atoms with Crippen LogP contribution in [0.4, 0.5) is 4.39 Å². The maximum atomic E-state index is 12.8. The number of carboxylic acid groups (broad SMARTS) is 1. The van der Waals surface area contributed by atoms with E-state index in [1.807, 2.05) is 0 Å². The van der Waals surface area contributed by atoms with Crippen LogP contribution in [-0.2, 0) is 6.54 Å². The third-order valence-corrected chi connectivity index (χ3v) is 2.72. The average Bonchev–Trinajstić information content (AvgIpc) is 2.71. The summed E-state index contributed by atoms with van der Waals surface area (Å²) in [7, 11) is 0. The van der Waals surface area contributed by atoms with Gasteiger partial charge < -0.3 is 9.67 Å². The van der Waals surface area contributed by atoms with E-state index in [1.54, 1.807) is 16.8 Å². The summed E-state index contributed by atoms with van der Waals surface area (Å²) in [6, 6.07) is 5.64. The van der Waals surface area contributed by atoms with Gasteiger partial charge in [0.25, 0.3) is 0 Å². The zero-order chi connectivity index (χ0) is 12.4. The quantitative estimate of drug-likeness (QED) is 0.914. The van der Waals surface area contributed by atoms with E-state index < -0.39 is 11.8 Å². The van der Waals surface area contributed by atoms with Crippen molar-refractivity contribution in [3.63, 3.8) is 0 Å². The lowest BCUT2D eigenvalue weighted by atomic mass is 10.2. The lowest BCUT2D eigenvalue weighted by molar-refractivity contribution is 0.0697. The second-order valence-corrected chi connectivity index (χ2v) is 4.02. The van der Waals surface area contributed by atoms with Crippen molar-refractivity contribution >= 4 is 17.6 Å². The summed E-state index contributed by atoms with van der Waals surface area (Å²) in [5.74, 6) is -1.37. The zero-order valence-corrected chi connectivity index (χ0v) is 9.49. The highest BCUT2D eigenvalue weighted by molar-refractivity contribution is 6.31. The molecule has 0 amide bonds. The van der Waals surface area contributed by atoms with E-state index in [-0.39, 0.29) is 5.56 Å². The van der Waals surface area contributed by atoms with Crippen molar-refractivity contribution in [3.8, 4) is 0 Å². The number of hydrogen-bond acceptors (Lipinski definition) is 1. The lowest BCUT2D eigenvalue weighted by Crippen LogP contribution is -1.99. The average molecular weight is 254 g/mol. The van der Waals surface area contributed by atoms with Crippen LogP contribution < -0.4 is 0 Å². The van der Waals surface area contributed by atoms with Crippen molar-refractivity contribution in [2.75, 3.05) is 0 Å². The molecule has 2 rings (SSSR count). The predicted octanol–water partition coefficient (Wildman–Crippen LogP) is 3.03. The van der Waals surface area contributed by atoms with E-state index in [9.17, 15) is 9.18 Å². The molecule has 0 aliphatic carbocycles. The van der Waals surface area contributed by atoms with Gasteiger partial charge in [0.05, 0.1) is 5.56 Å². The van der Waals surface area contributed by atoms with Crippen LogP contribution in [0.1, 0.15) is 15.9 Å². The highest BCUT2D eigenvalue weighted by Crippen LogP contribution is 2.18. The molecule has 0 radical (unpaired) electrons. The molecule has 5 heteroatoms. The van der Waals surface area contributed by atoms with Crippen LogP contribution in [0.25, 0.3) is 0 Å². The molecule has 0 atom stereocenters. The Morgan fingerprint density at radius 2 is 2.18 bits per heavy atom. The van der Waals surface area contributed by atoms with Crippen LogP contribution in [0.15, 0.2) is 36.7 Å². The van der Waals surface area contributed by atoms with E-state index in [1.165, 1.54) is 24.4 Å². The molecule has 0 aliphatic heterocycles. The summed E-state index contributed by atoms with van der Waals surface area (Å²) in [6.45, 7) is 0.409. The van der Waals surface area contributed by atoms with E-state index in [4.69, 9.17) is 16.7 Å². The monoisotopic (exact) mass is 253 g/mol. The molecule has 2 aromatic rings. The summed E-state index contributed by atoms with van der Waals surface area (Å²) in [5, 5.41) is 9.10. The number of aromatic nitrogens is 1. The first kappa shape index (κ1) is 11.7. The van der Waals surface area contributed by atoms with Gasteiger partial charge in [-0.1, -0.05) is 17.7 Å². The van der Waals surface area contributed by atoms with Gasteiger partial charge in [0.15, 0.2) is 0 Å². The zero-order valence-electron chi connectivity index (χ0n) is 8.73. The van der Waals surface area contributed by atoms with Crippen LogP contribution in [0.2, 0.25) is 5.02 Å². The summed E-state index contributed by atoms with van der Waals surface area (Å²) in [4.78, 5) is 10.7. The number of halogens is 2. The maximum absolute atomic E-state index is 12.8. The second-order valence-electron chi connectivity index (χ2n) is 3.61. The van der Waals surface area contributed by atoms with E-state index >= 15 is 0 Å². The summed E-state index contributed by atoms with van der Waals surface area (Å²) < 4.78 is 14.5. The smallest absolute Gasteiger partial charge is 0.337 e. The number of nitrogens with zero attached hydrogens (tertiary/aromatic N) is 1. The predicted molar refractivity (Wildman–Crippen MR) is 61.9 cm³/mol. The van der Waals surface area contributed by atoms with Gasteiger partial charge in [-0.2, -0.15) is 0 Å². The molecule has 0 saturated carbocycles. The summed E-state index contributed by atoms with van der Waals surface area (Å²) >= 11 is 5.88. The molecule has 1 N–H and O–H groups in total. The minimum absolute atomic E-state index is 0.211. The van der Waals surface area contributed by atoms with E-state index in [0.29, 0.717) is 11.6 Å². The van der Waals surface area contributed by atoms with Gasteiger partial charge in [-0.3, -0.25) is 0 Å². The SMILES string of the molecule is O=C(O)c1ccn(Cc2ccc(F)cc2Cl)c1. The molecule has 3 nitrogen and oxygen atoms in total. The Kier molecular flexibility index (Phi) is 3.15. The van der Waals surface area contributed by atoms with Gasteiger partial charge in [0.1, 0.15) is 5.82 Å². The molecular formula is C12H9ClFNO2. The van der Waals surface area contributed by atoms with Crippen molar-refractivity contribution in [1.82, 2.24) is 4.57 Å². The molecule has 1 aromatic heterocycles. The van der Waals surface area contributed by atoms with Gasteiger partial charge in [0.2, 0.25) is 0 Å². The van der Waals surface area contributed by atoms with Crippen LogP contribution in [0.5, 0.6) is 0 Å². The Hall–Kier alpha value is -1.81. The number of carbonyl (C=O) groups is 1. The first-order chi connectivity index (χ1) is 8.06. The second kappa shape index (κ2) is 4.59. The molecule has 0 fully saturated rings. The van der Waals surface area contributed by atoms with Crippen molar-refractivity contribution in [1.29, 1.82) is 0 Å². The number of rotatable bonds is 3. The lowest BCUT2D eigenvalue weighted by Gasteiger charge is -2.05. The minimum atomic E-state index is -0.978. The molecule has 0 aliphatic rings. The summed E-state index contributed by atoms with van der Waals surface area (Å²) in [5.41, 5.74) is 0.948. The van der Waals surface area contributed by atoms with E-state index in [0.717, 1.165) is 5.56 Å². The van der Waals surface area contributed by atoms with Crippen molar-refractivity contribution in [2.45, 2.75) is 6.54 Å². The normalized spacial score (nSPS) is 10.5. The van der Waals surface area contributed by atoms with Crippen molar-refractivity contribution in [2.24, 2.45) is 0 Å². The van der Waals surface area contributed by atoms with Gasteiger partial charge in [-0.05, 0) is 23.8 Å². The molecule has 0 bridgehead atoms. The highest BCUT2D eigenvalue weighted by atomic mass is 35.5. The first-order valence-corrected chi connectivity index (χ1v) is 5.27. The third kappa shape index (κ3) is 2.65. The standard InChI is InChI=1S/C12H9ClFNO2/c13-11-5-10(14)2-1-8(11)6-15-4-3-9(7-15)12(16)17/h1-5,7H,6H2,(H,16,17). The summed E-state index contributed by atoms with van der Waals surface area (Å²) in [6.07, 6.45) is 3.14.